The van der Waals surface area contributed by atoms with Crippen LogP contribution in [0.3, 0.4) is 0 Å². The van der Waals surface area contributed by atoms with Crippen LogP contribution in [0.2, 0.25) is 0 Å². The molecule has 1 aliphatic heterocycles. The van der Waals surface area contributed by atoms with Crippen LogP contribution in [-0.4, -0.2) is 54.9 Å². The number of piperazine rings is 1. The van der Waals surface area contributed by atoms with Crippen molar-refractivity contribution >= 4 is 11.8 Å². The Morgan fingerprint density at radius 2 is 1.65 bits per heavy atom. The van der Waals surface area contributed by atoms with Crippen molar-refractivity contribution in [3.05, 3.63) is 29.8 Å². The van der Waals surface area contributed by atoms with E-state index in [-0.39, 0.29) is 11.8 Å². The van der Waals surface area contributed by atoms with Crippen LogP contribution in [0.1, 0.15) is 44.1 Å². The lowest BCUT2D eigenvalue weighted by atomic mass is 9.88. The first kappa shape index (κ1) is 18.7. The number of para-hydroxylation sites is 1. The fourth-order valence-electron chi connectivity index (χ4n) is 4.09. The molecule has 5 heteroatoms. The van der Waals surface area contributed by atoms with Gasteiger partial charge in [0.05, 0.1) is 7.11 Å². The topological polar surface area (TPSA) is 49.9 Å². The molecule has 1 saturated carbocycles. The fourth-order valence-corrected chi connectivity index (χ4v) is 4.09. The lowest BCUT2D eigenvalue weighted by Gasteiger charge is -2.37. The number of rotatable bonds is 5. The number of methoxy groups -OCH3 is 1. The third-order valence-corrected chi connectivity index (χ3v) is 5.70. The van der Waals surface area contributed by atoms with E-state index in [1.807, 2.05) is 34.1 Å². The zero-order valence-electron chi connectivity index (χ0n) is 15.8. The van der Waals surface area contributed by atoms with Crippen molar-refractivity contribution in [1.29, 1.82) is 0 Å². The van der Waals surface area contributed by atoms with Crippen molar-refractivity contribution in [2.75, 3.05) is 33.3 Å². The lowest BCUT2D eigenvalue weighted by Crippen LogP contribution is -2.52. The summed E-state index contributed by atoms with van der Waals surface area (Å²) in [4.78, 5) is 29.0. The first-order valence-corrected chi connectivity index (χ1v) is 9.87. The third kappa shape index (κ3) is 4.57. The average Bonchev–Trinajstić information content (AvgIpc) is 2.72. The number of hydrogen-bond acceptors (Lipinski definition) is 3. The Bertz CT molecular complexity index is 617. The van der Waals surface area contributed by atoms with E-state index in [1.54, 1.807) is 7.11 Å². The van der Waals surface area contributed by atoms with Gasteiger partial charge in [-0.3, -0.25) is 9.59 Å². The number of amides is 2. The van der Waals surface area contributed by atoms with Gasteiger partial charge in [-0.25, -0.2) is 0 Å². The molecule has 0 bridgehead atoms. The first-order valence-electron chi connectivity index (χ1n) is 9.87. The maximum absolute atomic E-state index is 12.6. The minimum atomic E-state index is 0.167. The van der Waals surface area contributed by atoms with Gasteiger partial charge in [0, 0.05) is 38.5 Å². The molecular weight excluding hydrogens is 328 g/mol. The minimum Gasteiger partial charge on any atom is -0.496 e. The van der Waals surface area contributed by atoms with Crippen molar-refractivity contribution in [2.24, 2.45) is 5.92 Å². The summed E-state index contributed by atoms with van der Waals surface area (Å²) in [6.07, 6.45) is 6.86. The standard InChI is InChI=1S/C21H30N2O3/c1-26-19-10-6-5-7-17(19)11-12-20(24)22-13-15-23(16-14-22)21(25)18-8-3-2-4-9-18/h5-7,10,18H,2-4,8-9,11-16H2,1H3. The van der Waals surface area contributed by atoms with Crippen LogP contribution in [0.5, 0.6) is 5.75 Å². The second-order valence-corrected chi connectivity index (χ2v) is 7.35. The van der Waals surface area contributed by atoms with Crippen molar-refractivity contribution in [3.63, 3.8) is 0 Å². The van der Waals surface area contributed by atoms with Crippen LogP contribution >= 0.6 is 0 Å². The molecule has 1 aromatic rings. The van der Waals surface area contributed by atoms with E-state index in [4.69, 9.17) is 4.74 Å². The molecule has 0 unspecified atom stereocenters. The van der Waals surface area contributed by atoms with Gasteiger partial charge in [0.25, 0.3) is 0 Å². The summed E-state index contributed by atoms with van der Waals surface area (Å²) in [7, 11) is 1.66. The largest absolute Gasteiger partial charge is 0.496 e. The molecule has 1 saturated heterocycles. The number of hydrogen-bond donors (Lipinski definition) is 0. The van der Waals surface area contributed by atoms with Gasteiger partial charge in [0.1, 0.15) is 5.75 Å². The Balaban J connectivity index is 1.45. The smallest absolute Gasteiger partial charge is 0.225 e. The Kier molecular flexibility index (Phi) is 6.53. The first-order chi connectivity index (χ1) is 12.7. The van der Waals surface area contributed by atoms with E-state index >= 15 is 0 Å². The highest BCUT2D eigenvalue weighted by atomic mass is 16.5. The van der Waals surface area contributed by atoms with E-state index < -0.39 is 0 Å². The van der Waals surface area contributed by atoms with E-state index in [0.29, 0.717) is 44.9 Å². The highest BCUT2D eigenvalue weighted by Crippen LogP contribution is 2.26. The molecule has 2 aliphatic rings. The molecule has 2 fully saturated rings. The SMILES string of the molecule is COc1ccccc1CCC(=O)N1CCN(C(=O)C2CCCCC2)CC1. The van der Waals surface area contributed by atoms with Crippen LogP contribution in [0, 0.1) is 5.92 Å². The summed E-state index contributed by atoms with van der Waals surface area (Å²) >= 11 is 0. The molecule has 0 N–H and O–H groups in total. The van der Waals surface area contributed by atoms with Gasteiger partial charge in [0.15, 0.2) is 0 Å². The Morgan fingerprint density at radius 3 is 2.35 bits per heavy atom. The molecule has 142 valence electrons. The molecular formula is C21H30N2O3. The van der Waals surface area contributed by atoms with E-state index in [0.717, 1.165) is 24.2 Å². The van der Waals surface area contributed by atoms with Gasteiger partial charge >= 0.3 is 0 Å². The molecule has 0 aromatic heterocycles. The molecule has 1 aliphatic carbocycles. The van der Waals surface area contributed by atoms with Gasteiger partial charge in [0.2, 0.25) is 11.8 Å². The van der Waals surface area contributed by atoms with Crippen LogP contribution in [0.4, 0.5) is 0 Å². The normalized spacial score (nSPS) is 18.7. The summed E-state index contributed by atoms with van der Waals surface area (Å²) in [5.41, 5.74) is 1.06. The number of carbonyl (C=O) groups is 2. The summed E-state index contributed by atoms with van der Waals surface area (Å²) < 4.78 is 5.35. The lowest BCUT2D eigenvalue weighted by molar-refractivity contribution is -0.142. The highest BCUT2D eigenvalue weighted by Gasteiger charge is 2.29. The van der Waals surface area contributed by atoms with Crippen molar-refractivity contribution < 1.29 is 14.3 Å². The Morgan fingerprint density at radius 1 is 1.00 bits per heavy atom. The summed E-state index contributed by atoms with van der Waals surface area (Å²) in [5, 5.41) is 0. The van der Waals surface area contributed by atoms with Crippen LogP contribution in [-0.2, 0) is 16.0 Å². The van der Waals surface area contributed by atoms with Crippen molar-refractivity contribution in [2.45, 2.75) is 44.9 Å². The molecule has 26 heavy (non-hydrogen) atoms. The number of aryl methyl sites for hydroxylation is 1. The predicted molar refractivity (Wildman–Crippen MR) is 101 cm³/mol. The summed E-state index contributed by atoms with van der Waals surface area (Å²) in [6.45, 7) is 2.66. The van der Waals surface area contributed by atoms with Crippen molar-refractivity contribution in [3.8, 4) is 5.75 Å². The van der Waals surface area contributed by atoms with E-state index in [1.165, 1.54) is 19.3 Å². The van der Waals surface area contributed by atoms with Gasteiger partial charge in [-0.1, -0.05) is 37.5 Å². The monoisotopic (exact) mass is 358 g/mol. The van der Waals surface area contributed by atoms with E-state index in [9.17, 15) is 9.59 Å². The maximum atomic E-state index is 12.6. The zero-order chi connectivity index (χ0) is 18.4. The quantitative estimate of drug-likeness (QED) is 0.813. The molecule has 1 aromatic carbocycles. The van der Waals surface area contributed by atoms with Gasteiger partial charge < -0.3 is 14.5 Å². The molecule has 0 radical (unpaired) electrons. The summed E-state index contributed by atoms with van der Waals surface area (Å²) in [5.74, 6) is 1.53. The molecule has 2 amide bonds. The predicted octanol–water partition coefficient (Wildman–Crippen LogP) is 2.88. The number of nitrogens with zero attached hydrogens (tertiary/aromatic N) is 2. The van der Waals surface area contributed by atoms with Gasteiger partial charge in [-0.2, -0.15) is 0 Å². The zero-order valence-corrected chi connectivity index (χ0v) is 15.8. The van der Waals surface area contributed by atoms with E-state index in [2.05, 4.69) is 0 Å². The van der Waals surface area contributed by atoms with Crippen LogP contribution in [0.15, 0.2) is 24.3 Å². The number of benzene rings is 1. The fraction of sp³-hybridized carbons (Fsp3) is 0.619. The van der Waals surface area contributed by atoms with Crippen LogP contribution < -0.4 is 4.74 Å². The highest BCUT2D eigenvalue weighted by molar-refractivity contribution is 5.80. The molecule has 0 atom stereocenters. The van der Waals surface area contributed by atoms with Crippen LogP contribution in [0.25, 0.3) is 0 Å². The van der Waals surface area contributed by atoms with Crippen molar-refractivity contribution in [1.82, 2.24) is 9.80 Å². The summed E-state index contributed by atoms with van der Waals surface area (Å²) in [6, 6.07) is 7.84. The second kappa shape index (κ2) is 9.06. The maximum Gasteiger partial charge on any atom is 0.225 e. The number of ether oxygens (including phenoxy) is 1. The average molecular weight is 358 g/mol. The molecule has 1 heterocycles. The van der Waals surface area contributed by atoms with Gasteiger partial charge in [-0.15, -0.1) is 0 Å². The Labute approximate surface area is 156 Å². The third-order valence-electron chi connectivity index (χ3n) is 5.70. The molecule has 0 spiro atoms. The molecule has 3 rings (SSSR count). The second-order valence-electron chi connectivity index (χ2n) is 7.35. The van der Waals surface area contributed by atoms with Gasteiger partial charge in [-0.05, 0) is 30.9 Å². The minimum absolute atomic E-state index is 0.167. The Hall–Kier alpha value is -2.04. The number of carbonyl (C=O) groups excluding carboxylic acids is 2. The molecule has 5 nitrogen and oxygen atoms in total.